The second kappa shape index (κ2) is 9.82. The first-order valence-corrected chi connectivity index (χ1v) is 11.4. The van der Waals surface area contributed by atoms with Gasteiger partial charge in [-0.3, -0.25) is 14.5 Å². The van der Waals surface area contributed by atoms with Crippen molar-refractivity contribution in [3.05, 3.63) is 52.3 Å². The number of hydrogen-bond donors (Lipinski definition) is 1. The van der Waals surface area contributed by atoms with Crippen molar-refractivity contribution in [2.75, 3.05) is 38.0 Å². The quantitative estimate of drug-likeness (QED) is 0.566. The summed E-state index contributed by atoms with van der Waals surface area (Å²) >= 11 is 6.55. The molecule has 1 aliphatic rings. The molecular weight excluding hydrogens is 485 g/mol. The molecule has 0 spiro atoms. The van der Waals surface area contributed by atoms with E-state index in [2.05, 4.69) is 20.3 Å². The van der Waals surface area contributed by atoms with Crippen molar-refractivity contribution in [3.63, 3.8) is 0 Å². The van der Waals surface area contributed by atoms with Gasteiger partial charge in [0, 0.05) is 51.5 Å². The van der Waals surface area contributed by atoms with Gasteiger partial charge in [0.05, 0.1) is 33.8 Å². The SMILES string of the molecule is CC(=O)N1CCN(CCn2nc(C)c3c(Cl)c(C(=O)Nc4ccc(C(F)(F)F)cc4)cnc32)CC1. The third-order valence-corrected chi connectivity index (χ3v) is 6.43. The Morgan fingerprint density at radius 3 is 2.34 bits per heavy atom. The topological polar surface area (TPSA) is 83.4 Å². The van der Waals surface area contributed by atoms with Crippen LogP contribution in [0.1, 0.15) is 28.5 Å². The largest absolute Gasteiger partial charge is 0.416 e. The van der Waals surface area contributed by atoms with Crippen LogP contribution in [0, 0.1) is 6.92 Å². The minimum absolute atomic E-state index is 0.0790. The number of amides is 2. The number of anilines is 1. The zero-order valence-electron chi connectivity index (χ0n) is 19.2. The molecular formula is C23H24ClF3N6O2. The fourth-order valence-electron chi connectivity index (χ4n) is 4.05. The van der Waals surface area contributed by atoms with Crippen molar-refractivity contribution < 1.29 is 22.8 Å². The molecule has 0 aliphatic carbocycles. The predicted octanol–water partition coefficient (Wildman–Crippen LogP) is 3.83. The first kappa shape index (κ1) is 24.9. The van der Waals surface area contributed by atoms with Crippen LogP contribution in [-0.2, 0) is 17.5 Å². The van der Waals surface area contributed by atoms with Crippen LogP contribution in [0.5, 0.6) is 0 Å². The molecule has 8 nitrogen and oxygen atoms in total. The summed E-state index contributed by atoms with van der Waals surface area (Å²) in [4.78, 5) is 32.7. The number of pyridine rings is 1. The highest BCUT2D eigenvalue weighted by Crippen LogP contribution is 2.31. The zero-order chi connectivity index (χ0) is 25.3. The number of fused-ring (bicyclic) bond motifs is 1. The fraction of sp³-hybridized carbons (Fsp3) is 0.391. The van der Waals surface area contributed by atoms with E-state index in [9.17, 15) is 22.8 Å². The monoisotopic (exact) mass is 508 g/mol. The van der Waals surface area contributed by atoms with Gasteiger partial charge < -0.3 is 10.2 Å². The van der Waals surface area contributed by atoms with Crippen LogP contribution in [0.3, 0.4) is 0 Å². The van der Waals surface area contributed by atoms with Crippen LogP contribution in [0.2, 0.25) is 5.02 Å². The highest BCUT2D eigenvalue weighted by molar-refractivity contribution is 6.39. The van der Waals surface area contributed by atoms with Gasteiger partial charge in [-0.25, -0.2) is 9.67 Å². The Morgan fingerprint density at radius 1 is 1.09 bits per heavy atom. The average Bonchev–Trinajstić information content (AvgIpc) is 3.14. The highest BCUT2D eigenvalue weighted by atomic mass is 35.5. The van der Waals surface area contributed by atoms with Gasteiger partial charge >= 0.3 is 6.18 Å². The molecule has 0 radical (unpaired) electrons. The van der Waals surface area contributed by atoms with Gasteiger partial charge in [-0.1, -0.05) is 11.6 Å². The number of piperazine rings is 1. The average molecular weight is 509 g/mol. The van der Waals surface area contributed by atoms with E-state index in [0.717, 1.165) is 31.8 Å². The van der Waals surface area contributed by atoms with Crippen molar-refractivity contribution in [1.82, 2.24) is 24.6 Å². The predicted molar refractivity (Wildman–Crippen MR) is 125 cm³/mol. The number of aromatic nitrogens is 3. The molecule has 1 saturated heterocycles. The minimum atomic E-state index is -4.46. The molecule has 0 saturated carbocycles. The molecule has 12 heteroatoms. The molecule has 2 amide bonds. The zero-order valence-corrected chi connectivity index (χ0v) is 19.9. The lowest BCUT2D eigenvalue weighted by atomic mass is 10.1. The molecule has 0 unspecified atom stereocenters. The molecule has 2 aromatic heterocycles. The molecule has 1 N–H and O–H groups in total. The maximum absolute atomic E-state index is 12.8. The molecule has 1 aliphatic heterocycles. The molecule has 3 heterocycles. The maximum atomic E-state index is 12.8. The number of alkyl halides is 3. The first-order valence-electron chi connectivity index (χ1n) is 11.0. The Balaban J connectivity index is 1.47. The first-order chi connectivity index (χ1) is 16.5. The van der Waals surface area contributed by atoms with Gasteiger partial charge in [-0.05, 0) is 31.2 Å². The van der Waals surface area contributed by atoms with E-state index in [1.54, 1.807) is 18.5 Å². The number of aryl methyl sites for hydroxylation is 1. The summed E-state index contributed by atoms with van der Waals surface area (Å²) in [6.45, 7) is 7.56. The van der Waals surface area contributed by atoms with E-state index < -0.39 is 17.6 Å². The fourth-order valence-corrected chi connectivity index (χ4v) is 4.41. The molecule has 1 fully saturated rings. The molecule has 35 heavy (non-hydrogen) atoms. The summed E-state index contributed by atoms with van der Waals surface area (Å²) in [6, 6.07) is 4.15. The number of carbonyl (C=O) groups is 2. The van der Waals surface area contributed by atoms with E-state index in [1.165, 1.54) is 18.3 Å². The lowest BCUT2D eigenvalue weighted by molar-refractivity contribution is -0.137. The number of nitrogens with zero attached hydrogens (tertiary/aromatic N) is 5. The number of nitrogens with one attached hydrogen (secondary N) is 1. The number of carbonyl (C=O) groups excluding carboxylic acids is 2. The van der Waals surface area contributed by atoms with Crippen LogP contribution in [0.15, 0.2) is 30.5 Å². The van der Waals surface area contributed by atoms with Gasteiger partial charge in [0.25, 0.3) is 5.91 Å². The Labute approximate surface area is 204 Å². The second-order valence-electron chi connectivity index (χ2n) is 8.37. The molecule has 3 aromatic rings. The molecule has 0 bridgehead atoms. The van der Waals surface area contributed by atoms with Crippen molar-refractivity contribution in [2.24, 2.45) is 0 Å². The number of benzene rings is 1. The summed E-state index contributed by atoms with van der Waals surface area (Å²) in [5.41, 5.74) is 0.655. The van der Waals surface area contributed by atoms with Crippen LogP contribution in [-0.4, -0.2) is 69.1 Å². The number of rotatable bonds is 5. The van der Waals surface area contributed by atoms with Gasteiger partial charge in [0.2, 0.25) is 5.91 Å². The summed E-state index contributed by atoms with van der Waals surface area (Å²) in [5, 5.41) is 7.82. The van der Waals surface area contributed by atoms with Gasteiger partial charge in [-0.15, -0.1) is 0 Å². The third kappa shape index (κ3) is 5.40. The van der Waals surface area contributed by atoms with E-state index >= 15 is 0 Å². The van der Waals surface area contributed by atoms with Crippen LogP contribution in [0.25, 0.3) is 11.0 Å². The van der Waals surface area contributed by atoms with Crippen LogP contribution in [0.4, 0.5) is 18.9 Å². The smallest absolute Gasteiger partial charge is 0.340 e. The lowest BCUT2D eigenvalue weighted by Gasteiger charge is -2.34. The normalized spacial score (nSPS) is 15.0. The third-order valence-electron chi connectivity index (χ3n) is 6.03. The number of halogens is 4. The van der Waals surface area contributed by atoms with E-state index in [-0.39, 0.29) is 22.2 Å². The van der Waals surface area contributed by atoms with Crippen LogP contribution >= 0.6 is 11.6 Å². The van der Waals surface area contributed by atoms with E-state index in [0.29, 0.717) is 36.4 Å². The molecule has 1 aromatic carbocycles. The maximum Gasteiger partial charge on any atom is 0.416 e. The summed E-state index contributed by atoms with van der Waals surface area (Å²) in [5.74, 6) is -0.505. The van der Waals surface area contributed by atoms with Crippen molar-refractivity contribution >= 4 is 40.1 Å². The summed E-state index contributed by atoms with van der Waals surface area (Å²) in [6.07, 6.45) is -3.12. The molecule has 186 valence electrons. The van der Waals surface area contributed by atoms with E-state index in [1.807, 2.05) is 4.90 Å². The Kier molecular flexibility index (Phi) is 7.00. The Hall–Kier alpha value is -3.18. The summed E-state index contributed by atoms with van der Waals surface area (Å²) in [7, 11) is 0. The van der Waals surface area contributed by atoms with Gasteiger partial charge in [0.1, 0.15) is 0 Å². The summed E-state index contributed by atoms with van der Waals surface area (Å²) < 4.78 is 40.0. The van der Waals surface area contributed by atoms with E-state index in [4.69, 9.17) is 11.6 Å². The van der Waals surface area contributed by atoms with Gasteiger partial charge in [0.15, 0.2) is 5.65 Å². The standard InChI is InChI=1S/C23H24ClF3N6O2/c1-14-19-20(24)18(22(35)29-17-5-3-16(4-6-17)23(25,26)27)13-28-21(19)33(30-14)12-9-31-7-10-32(11-8-31)15(2)34/h3-6,13H,7-12H2,1-2H3,(H,29,35). The Morgan fingerprint density at radius 2 is 1.74 bits per heavy atom. The highest BCUT2D eigenvalue weighted by Gasteiger charge is 2.30. The van der Waals surface area contributed by atoms with Gasteiger partial charge in [-0.2, -0.15) is 18.3 Å². The minimum Gasteiger partial charge on any atom is -0.340 e. The van der Waals surface area contributed by atoms with Crippen LogP contribution < -0.4 is 5.32 Å². The lowest BCUT2D eigenvalue weighted by Crippen LogP contribution is -2.48. The number of hydrogen-bond acceptors (Lipinski definition) is 5. The molecule has 4 rings (SSSR count). The molecule has 0 atom stereocenters. The Bertz CT molecular complexity index is 1250. The van der Waals surface area contributed by atoms with Crippen molar-refractivity contribution in [2.45, 2.75) is 26.6 Å². The van der Waals surface area contributed by atoms with Crippen molar-refractivity contribution in [3.8, 4) is 0 Å². The second-order valence-corrected chi connectivity index (χ2v) is 8.75. The van der Waals surface area contributed by atoms with Crippen molar-refractivity contribution in [1.29, 1.82) is 0 Å².